The van der Waals surface area contributed by atoms with Crippen molar-refractivity contribution in [3.05, 3.63) is 35.1 Å². The molecule has 2 N–H and O–H groups in total. The molecule has 0 aliphatic carbocycles. The minimum atomic E-state index is -0.215. The molecule has 1 aliphatic rings. The second-order valence-corrected chi connectivity index (χ2v) is 5.57. The van der Waals surface area contributed by atoms with Crippen molar-refractivity contribution in [2.45, 2.75) is 38.8 Å². The van der Waals surface area contributed by atoms with E-state index in [1.807, 2.05) is 13.0 Å². The van der Waals surface area contributed by atoms with Crippen molar-refractivity contribution in [1.29, 1.82) is 0 Å². The maximum atomic E-state index is 13.5. The first kappa shape index (κ1) is 15.9. The van der Waals surface area contributed by atoms with Gasteiger partial charge in [0.1, 0.15) is 5.82 Å². The minimum absolute atomic E-state index is 0.0265. The molecule has 2 rings (SSSR count). The number of carbonyl (C=O) groups is 1. The molecule has 1 amide bonds. The number of halogens is 1. The Bertz CT molecular complexity index is 487. The highest BCUT2D eigenvalue weighted by atomic mass is 19.1. The summed E-state index contributed by atoms with van der Waals surface area (Å²) >= 11 is 0. The monoisotopic (exact) mass is 294 g/mol. The molecule has 1 aromatic rings. The van der Waals surface area contributed by atoms with Crippen molar-refractivity contribution in [3.63, 3.8) is 0 Å². The van der Waals surface area contributed by atoms with Crippen molar-refractivity contribution >= 4 is 5.91 Å². The Morgan fingerprint density at radius 1 is 1.43 bits per heavy atom. The van der Waals surface area contributed by atoms with Crippen molar-refractivity contribution in [1.82, 2.24) is 10.6 Å². The van der Waals surface area contributed by atoms with Gasteiger partial charge in [0, 0.05) is 25.3 Å². The lowest BCUT2D eigenvalue weighted by atomic mass is 10.1. The molecular weight excluding hydrogens is 271 g/mol. The van der Waals surface area contributed by atoms with Gasteiger partial charge in [-0.3, -0.25) is 4.79 Å². The molecule has 1 aromatic carbocycles. The summed E-state index contributed by atoms with van der Waals surface area (Å²) in [4.78, 5) is 11.9. The lowest BCUT2D eigenvalue weighted by molar-refractivity contribution is -0.121. The molecule has 1 fully saturated rings. The normalized spacial score (nSPS) is 17.5. The van der Waals surface area contributed by atoms with Crippen molar-refractivity contribution in [2.24, 2.45) is 0 Å². The van der Waals surface area contributed by atoms with E-state index in [0.29, 0.717) is 18.8 Å². The second kappa shape index (κ2) is 7.52. The van der Waals surface area contributed by atoms with Crippen LogP contribution >= 0.6 is 0 Å². The van der Waals surface area contributed by atoms with Crippen molar-refractivity contribution in [2.75, 3.05) is 19.8 Å². The molecule has 0 aromatic heterocycles. The van der Waals surface area contributed by atoms with E-state index in [-0.39, 0.29) is 30.4 Å². The van der Waals surface area contributed by atoms with Gasteiger partial charge in [0.05, 0.1) is 6.54 Å². The topological polar surface area (TPSA) is 50.4 Å². The van der Waals surface area contributed by atoms with Gasteiger partial charge in [-0.15, -0.1) is 0 Å². The largest absolute Gasteiger partial charge is 0.381 e. The van der Waals surface area contributed by atoms with Gasteiger partial charge in [0.15, 0.2) is 0 Å². The lowest BCUT2D eigenvalue weighted by Crippen LogP contribution is -2.43. The zero-order chi connectivity index (χ0) is 15.2. The molecule has 1 saturated heterocycles. The number of rotatable bonds is 5. The summed E-state index contributed by atoms with van der Waals surface area (Å²) in [6.07, 6.45) is 1.73. The molecule has 1 atom stereocenters. The van der Waals surface area contributed by atoms with E-state index in [1.54, 1.807) is 13.0 Å². The Morgan fingerprint density at radius 3 is 2.81 bits per heavy atom. The van der Waals surface area contributed by atoms with Gasteiger partial charge < -0.3 is 15.4 Å². The van der Waals surface area contributed by atoms with Crippen LogP contribution in [0.15, 0.2) is 18.2 Å². The predicted molar refractivity (Wildman–Crippen MR) is 79.5 cm³/mol. The van der Waals surface area contributed by atoms with Crippen LogP contribution in [0.3, 0.4) is 0 Å². The third kappa shape index (κ3) is 4.79. The summed E-state index contributed by atoms with van der Waals surface area (Å²) in [5.41, 5.74) is 1.47. The molecule has 1 heterocycles. The number of ether oxygens (including phenoxy) is 1. The predicted octanol–water partition coefficient (Wildman–Crippen LogP) is 2.08. The highest BCUT2D eigenvalue weighted by Gasteiger charge is 2.16. The van der Waals surface area contributed by atoms with Gasteiger partial charge in [-0.2, -0.15) is 0 Å². The molecule has 5 heteroatoms. The summed E-state index contributed by atoms with van der Waals surface area (Å²) < 4.78 is 18.8. The number of carbonyl (C=O) groups excluding carboxylic acids is 1. The summed E-state index contributed by atoms with van der Waals surface area (Å²) in [6, 6.07) is 5.29. The van der Waals surface area contributed by atoms with E-state index < -0.39 is 0 Å². The molecule has 0 radical (unpaired) electrons. The van der Waals surface area contributed by atoms with E-state index in [4.69, 9.17) is 4.74 Å². The van der Waals surface area contributed by atoms with Crippen LogP contribution in [0.2, 0.25) is 0 Å². The first-order valence-electron chi connectivity index (χ1n) is 7.43. The Labute approximate surface area is 125 Å². The van der Waals surface area contributed by atoms with Crippen LogP contribution < -0.4 is 10.6 Å². The molecule has 0 unspecified atom stereocenters. The summed E-state index contributed by atoms with van der Waals surface area (Å²) in [5.74, 6) is -0.242. The highest BCUT2D eigenvalue weighted by Crippen LogP contribution is 2.16. The second-order valence-electron chi connectivity index (χ2n) is 5.57. The standard InChI is InChI=1S/C16H23FN2O2/c1-11-3-4-13(9-15(11)17)12(2)18-10-16(20)19-14-5-7-21-8-6-14/h3-4,9,12,14,18H,5-8,10H2,1-2H3,(H,19,20)/t12-/m1/s1. The fraction of sp³-hybridized carbons (Fsp3) is 0.562. The van der Waals surface area contributed by atoms with Crippen LogP contribution in [0.4, 0.5) is 4.39 Å². The average molecular weight is 294 g/mol. The Hall–Kier alpha value is -1.46. The van der Waals surface area contributed by atoms with E-state index in [2.05, 4.69) is 10.6 Å². The average Bonchev–Trinajstić information content (AvgIpc) is 2.48. The smallest absolute Gasteiger partial charge is 0.234 e. The van der Waals surface area contributed by atoms with Crippen LogP contribution in [0.1, 0.15) is 36.9 Å². The lowest BCUT2D eigenvalue weighted by Gasteiger charge is -2.23. The Kier molecular flexibility index (Phi) is 5.70. The number of amides is 1. The van der Waals surface area contributed by atoms with Crippen LogP contribution in [0.25, 0.3) is 0 Å². The molecular formula is C16H23FN2O2. The fourth-order valence-electron chi connectivity index (χ4n) is 2.36. The van der Waals surface area contributed by atoms with Crippen molar-refractivity contribution < 1.29 is 13.9 Å². The van der Waals surface area contributed by atoms with E-state index in [9.17, 15) is 9.18 Å². The number of hydrogen-bond donors (Lipinski definition) is 2. The van der Waals surface area contributed by atoms with Crippen LogP contribution in [-0.2, 0) is 9.53 Å². The van der Waals surface area contributed by atoms with Gasteiger partial charge in [-0.05, 0) is 43.9 Å². The summed E-state index contributed by atoms with van der Waals surface area (Å²) in [6.45, 7) is 5.30. The molecule has 4 nitrogen and oxygen atoms in total. The first-order chi connectivity index (χ1) is 10.1. The highest BCUT2D eigenvalue weighted by molar-refractivity contribution is 5.78. The third-order valence-corrected chi connectivity index (χ3v) is 3.85. The van der Waals surface area contributed by atoms with E-state index in [1.165, 1.54) is 6.07 Å². The fourth-order valence-corrected chi connectivity index (χ4v) is 2.36. The minimum Gasteiger partial charge on any atom is -0.381 e. The summed E-state index contributed by atoms with van der Waals surface area (Å²) in [7, 11) is 0. The van der Waals surface area contributed by atoms with Gasteiger partial charge in [-0.1, -0.05) is 12.1 Å². The van der Waals surface area contributed by atoms with Crippen molar-refractivity contribution in [3.8, 4) is 0 Å². The zero-order valence-electron chi connectivity index (χ0n) is 12.6. The number of benzene rings is 1. The molecule has 0 spiro atoms. The SMILES string of the molecule is Cc1ccc([C@@H](C)NCC(=O)NC2CCOCC2)cc1F. The Balaban J connectivity index is 1.78. The zero-order valence-corrected chi connectivity index (χ0v) is 12.6. The maximum absolute atomic E-state index is 13.5. The number of nitrogens with one attached hydrogen (secondary N) is 2. The molecule has 0 saturated carbocycles. The van der Waals surface area contributed by atoms with E-state index >= 15 is 0 Å². The number of aryl methyl sites for hydroxylation is 1. The van der Waals surface area contributed by atoms with Crippen LogP contribution in [-0.4, -0.2) is 31.7 Å². The summed E-state index contributed by atoms with van der Waals surface area (Å²) in [5, 5.41) is 6.12. The number of hydrogen-bond acceptors (Lipinski definition) is 3. The van der Waals surface area contributed by atoms with Crippen LogP contribution in [0.5, 0.6) is 0 Å². The molecule has 21 heavy (non-hydrogen) atoms. The Morgan fingerprint density at radius 2 is 2.14 bits per heavy atom. The first-order valence-corrected chi connectivity index (χ1v) is 7.43. The molecule has 0 bridgehead atoms. The van der Waals surface area contributed by atoms with Gasteiger partial charge in [-0.25, -0.2) is 4.39 Å². The van der Waals surface area contributed by atoms with Crippen LogP contribution in [0, 0.1) is 12.7 Å². The van der Waals surface area contributed by atoms with Gasteiger partial charge in [0.25, 0.3) is 0 Å². The van der Waals surface area contributed by atoms with Gasteiger partial charge in [0.2, 0.25) is 5.91 Å². The molecule has 1 aliphatic heterocycles. The third-order valence-electron chi connectivity index (χ3n) is 3.85. The maximum Gasteiger partial charge on any atom is 0.234 e. The quantitative estimate of drug-likeness (QED) is 0.874. The van der Waals surface area contributed by atoms with Gasteiger partial charge >= 0.3 is 0 Å². The van der Waals surface area contributed by atoms with E-state index in [0.717, 1.165) is 18.4 Å². The molecule has 116 valence electrons.